The van der Waals surface area contributed by atoms with E-state index in [-0.39, 0.29) is 0 Å². The number of benzene rings is 2. The molecule has 194 valence electrons. The van der Waals surface area contributed by atoms with E-state index in [2.05, 4.69) is 79.5 Å². The Labute approximate surface area is 221 Å². The summed E-state index contributed by atoms with van der Waals surface area (Å²) >= 11 is 5.86. The molecule has 0 radical (unpaired) electrons. The molecule has 0 aromatic heterocycles. The van der Waals surface area contributed by atoms with Crippen molar-refractivity contribution in [1.82, 2.24) is 4.90 Å². The molecular formula is C32H50N2S. The molecule has 0 aliphatic heterocycles. The zero-order valence-corrected chi connectivity index (χ0v) is 23.6. The molecular weight excluding hydrogens is 444 g/mol. The van der Waals surface area contributed by atoms with Crippen LogP contribution in [0.15, 0.2) is 48.5 Å². The van der Waals surface area contributed by atoms with Gasteiger partial charge in [-0.3, -0.25) is 0 Å². The largest absolute Gasteiger partial charge is 0.345 e. The summed E-state index contributed by atoms with van der Waals surface area (Å²) in [6, 6.07) is 17.2. The van der Waals surface area contributed by atoms with Crippen LogP contribution >= 0.6 is 12.2 Å². The number of thiocarbonyl (C=S) groups is 1. The van der Waals surface area contributed by atoms with E-state index in [1.165, 1.54) is 107 Å². The highest BCUT2D eigenvalue weighted by Crippen LogP contribution is 2.18. The van der Waals surface area contributed by atoms with Crippen LogP contribution in [-0.2, 0) is 6.54 Å². The Morgan fingerprint density at radius 2 is 1.26 bits per heavy atom. The lowest BCUT2D eigenvalue weighted by atomic mass is 10.0. The molecule has 1 N–H and O–H groups in total. The Morgan fingerprint density at radius 3 is 1.80 bits per heavy atom. The number of nitrogens with zero attached hydrogens (tertiary/aromatic N) is 1. The van der Waals surface area contributed by atoms with Gasteiger partial charge in [-0.15, -0.1) is 0 Å². The number of nitrogens with one attached hydrogen (secondary N) is 1. The van der Waals surface area contributed by atoms with Crippen molar-refractivity contribution >= 4 is 23.0 Å². The lowest BCUT2D eigenvalue weighted by Gasteiger charge is -2.27. The Kier molecular flexibility index (Phi) is 15.4. The fourth-order valence-electron chi connectivity index (χ4n) is 4.70. The van der Waals surface area contributed by atoms with Gasteiger partial charge in [0.2, 0.25) is 0 Å². The first-order valence-electron chi connectivity index (χ1n) is 14.3. The number of hydrogen-bond acceptors (Lipinski definition) is 1. The van der Waals surface area contributed by atoms with Gasteiger partial charge >= 0.3 is 0 Å². The molecule has 0 saturated heterocycles. The Bertz CT molecular complexity index is 818. The molecule has 0 atom stereocenters. The monoisotopic (exact) mass is 494 g/mol. The van der Waals surface area contributed by atoms with E-state index in [0.717, 1.165) is 23.9 Å². The number of hydrogen-bond donors (Lipinski definition) is 1. The van der Waals surface area contributed by atoms with Crippen LogP contribution in [0.4, 0.5) is 5.69 Å². The van der Waals surface area contributed by atoms with Gasteiger partial charge in [0, 0.05) is 18.8 Å². The predicted octanol–water partition coefficient (Wildman–Crippen LogP) is 9.98. The second-order valence-electron chi connectivity index (χ2n) is 10.3. The molecule has 2 aromatic rings. The molecule has 0 aliphatic rings. The van der Waals surface area contributed by atoms with Crippen LogP contribution in [0, 0.1) is 13.8 Å². The third kappa shape index (κ3) is 13.1. The van der Waals surface area contributed by atoms with E-state index >= 15 is 0 Å². The van der Waals surface area contributed by atoms with Crippen molar-refractivity contribution in [3.8, 4) is 0 Å². The van der Waals surface area contributed by atoms with Gasteiger partial charge in [0.1, 0.15) is 0 Å². The van der Waals surface area contributed by atoms with Gasteiger partial charge in [0.25, 0.3) is 0 Å². The highest BCUT2D eigenvalue weighted by Gasteiger charge is 2.12. The van der Waals surface area contributed by atoms with Crippen LogP contribution in [0.2, 0.25) is 0 Å². The van der Waals surface area contributed by atoms with E-state index in [1.807, 2.05) is 0 Å². The highest BCUT2D eigenvalue weighted by molar-refractivity contribution is 7.80. The Balaban J connectivity index is 1.66. The minimum absolute atomic E-state index is 0.829. The van der Waals surface area contributed by atoms with E-state index < -0.39 is 0 Å². The van der Waals surface area contributed by atoms with Gasteiger partial charge in [-0.05, 0) is 49.7 Å². The fraction of sp³-hybridized carbons (Fsp3) is 0.594. The molecule has 0 saturated carbocycles. The molecule has 2 aromatic carbocycles. The Hall–Kier alpha value is -1.87. The summed E-state index contributed by atoms with van der Waals surface area (Å²) in [6.07, 6.45) is 19.4. The van der Waals surface area contributed by atoms with Crippen molar-refractivity contribution in [2.75, 3.05) is 11.9 Å². The van der Waals surface area contributed by atoms with E-state index in [1.54, 1.807) is 0 Å². The topological polar surface area (TPSA) is 15.3 Å². The van der Waals surface area contributed by atoms with Gasteiger partial charge in [0.15, 0.2) is 5.11 Å². The SMILES string of the molecule is CCCCCCCCCCCCCCCCN(Cc1ccccc1)C(=S)Nc1ccc(C)cc1C. The summed E-state index contributed by atoms with van der Waals surface area (Å²) in [5.41, 5.74) is 4.94. The third-order valence-corrected chi connectivity index (χ3v) is 7.27. The summed E-state index contributed by atoms with van der Waals surface area (Å²) in [7, 11) is 0. The molecule has 0 spiro atoms. The zero-order valence-electron chi connectivity index (χ0n) is 22.8. The molecule has 0 aliphatic carbocycles. The molecule has 3 heteroatoms. The van der Waals surface area contributed by atoms with E-state index in [4.69, 9.17) is 12.2 Å². The van der Waals surface area contributed by atoms with Crippen LogP contribution in [0.25, 0.3) is 0 Å². The smallest absolute Gasteiger partial charge is 0.173 e. The normalized spacial score (nSPS) is 10.9. The first-order chi connectivity index (χ1) is 17.1. The molecule has 0 bridgehead atoms. The zero-order chi connectivity index (χ0) is 25.1. The van der Waals surface area contributed by atoms with Crippen LogP contribution < -0.4 is 5.32 Å². The number of anilines is 1. The van der Waals surface area contributed by atoms with Gasteiger partial charge in [-0.25, -0.2) is 0 Å². The molecule has 0 unspecified atom stereocenters. The van der Waals surface area contributed by atoms with Crippen molar-refractivity contribution in [1.29, 1.82) is 0 Å². The number of aryl methyl sites for hydroxylation is 2. The van der Waals surface area contributed by atoms with Crippen LogP contribution in [0.3, 0.4) is 0 Å². The molecule has 2 rings (SSSR count). The first kappa shape index (κ1) is 29.4. The number of rotatable bonds is 18. The molecule has 0 amide bonds. The van der Waals surface area contributed by atoms with Crippen molar-refractivity contribution in [3.05, 3.63) is 65.2 Å². The second-order valence-corrected chi connectivity index (χ2v) is 10.6. The minimum Gasteiger partial charge on any atom is -0.345 e. The average Bonchev–Trinajstić information content (AvgIpc) is 2.85. The summed E-state index contributed by atoms with van der Waals surface area (Å²) in [5, 5.41) is 4.34. The predicted molar refractivity (Wildman–Crippen MR) is 159 cm³/mol. The quantitative estimate of drug-likeness (QED) is 0.164. The van der Waals surface area contributed by atoms with Gasteiger partial charge in [-0.2, -0.15) is 0 Å². The van der Waals surface area contributed by atoms with Crippen molar-refractivity contribution in [2.45, 2.75) is 117 Å². The standard InChI is InChI=1S/C32H50N2S/c1-4-5-6-7-8-9-10-11-12-13-14-15-16-20-25-34(27-30-21-18-17-19-22-30)32(35)33-31-24-23-28(2)26-29(31)3/h17-19,21-24,26H,4-16,20,25,27H2,1-3H3,(H,33,35). The van der Waals surface area contributed by atoms with E-state index in [9.17, 15) is 0 Å². The first-order valence-corrected chi connectivity index (χ1v) is 14.7. The van der Waals surface area contributed by atoms with Crippen LogP contribution in [0.5, 0.6) is 0 Å². The molecule has 0 fully saturated rings. The fourth-order valence-corrected chi connectivity index (χ4v) is 4.97. The van der Waals surface area contributed by atoms with Gasteiger partial charge in [0.05, 0.1) is 0 Å². The summed E-state index contributed by atoms with van der Waals surface area (Å²) in [6.45, 7) is 8.43. The maximum atomic E-state index is 5.86. The number of unbranched alkanes of at least 4 members (excludes halogenated alkanes) is 13. The third-order valence-electron chi connectivity index (χ3n) is 6.91. The maximum absolute atomic E-state index is 5.86. The summed E-state index contributed by atoms with van der Waals surface area (Å²) in [5.74, 6) is 0. The van der Waals surface area contributed by atoms with Crippen LogP contribution in [-0.4, -0.2) is 16.6 Å². The molecule has 0 heterocycles. The van der Waals surface area contributed by atoms with Gasteiger partial charge in [-0.1, -0.05) is 138 Å². The lowest BCUT2D eigenvalue weighted by Crippen LogP contribution is -2.35. The van der Waals surface area contributed by atoms with E-state index in [0.29, 0.717) is 0 Å². The van der Waals surface area contributed by atoms with Crippen molar-refractivity contribution in [3.63, 3.8) is 0 Å². The Morgan fingerprint density at radius 1 is 0.714 bits per heavy atom. The van der Waals surface area contributed by atoms with Gasteiger partial charge < -0.3 is 10.2 Å². The highest BCUT2D eigenvalue weighted by atomic mass is 32.1. The molecule has 35 heavy (non-hydrogen) atoms. The van der Waals surface area contributed by atoms with Crippen LogP contribution in [0.1, 0.15) is 114 Å². The lowest BCUT2D eigenvalue weighted by molar-refractivity contribution is 0.398. The average molecular weight is 495 g/mol. The second kappa shape index (κ2) is 18.4. The maximum Gasteiger partial charge on any atom is 0.173 e. The molecule has 2 nitrogen and oxygen atoms in total. The summed E-state index contributed by atoms with van der Waals surface area (Å²) < 4.78 is 0. The minimum atomic E-state index is 0.829. The van der Waals surface area contributed by atoms with Crippen molar-refractivity contribution < 1.29 is 0 Å². The summed E-state index contributed by atoms with van der Waals surface area (Å²) in [4.78, 5) is 2.34. The van der Waals surface area contributed by atoms with Crippen molar-refractivity contribution in [2.24, 2.45) is 0 Å².